The van der Waals surface area contributed by atoms with E-state index in [0.29, 0.717) is 0 Å². The lowest BCUT2D eigenvalue weighted by Crippen LogP contribution is -2.05. The van der Waals surface area contributed by atoms with E-state index in [1.54, 1.807) is 18.3 Å². The SMILES string of the molecule is CNCc1ccnc(-c2ccc([N+](=O)[O-])cc2)c1. The first kappa shape index (κ1) is 12.2. The van der Waals surface area contributed by atoms with Crippen LogP contribution < -0.4 is 5.32 Å². The summed E-state index contributed by atoms with van der Waals surface area (Å²) in [5, 5.41) is 13.6. The fourth-order valence-corrected chi connectivity index (χ4v) is 1.70. The van der Waals surface area contributed by atoms with Gasteiger partial charge in [0.15, 0.2) is 0 Å². The standard InChI is InChI=1S/C13H13N3O2/c1-14-9-10-6-7-15-13(8-10)11-2-4-12(5-3-11)16(17)18/h2-8,14H,9H2,1H3. The summed E-state index contributed by atoms with van der Waals surface area (Å²) in [4.78, 5) is 14.4. The van der Waals surface area contributed by atoms with E-state index in [9.17, 15) is 10.1 Å². The number of pyridine rings is 1. The molecule has 0 radical (unpaired) electrons. The van der Waals surface area contributed by atoms with Crippen LogP contribution >= 0.6 is 0 Å². The predicted molar refractivity (Wildman–Crippen MR) is 69.1 cm³/mol. The number of non-ortho nitro benzene ring substituents is 1. The lowest BCUT2D eigenvalue weighted by Gasteiger charge is -2.04. The van der Waals surface area contributed by atoms with Gasteiger partial charge < -0.3 is 5.32 Å². The van der Waals surface area contributed by atoms with Crippen LogP contribution in [0, 0.1) is 10.1 Å². The third-order valence-electron chi connectivity index (χ3n) is 2.58. The summed E-state index contributed by atoms with van der Waals surface area (Å²) in [6.45, 7) is 0.766. The Morgan fingerprint density at radius 1 is 1.28 bits per heavy atom. The van der Waals surface area contributed by atoms with Crippen molar-refractivity contribution in [3.8, 4) is 11.3 Å². The van der Waals surface area contributed by atoms with Crippen molar-refractivity contribution in [3.05, 3.63) is 58.3 Å². The second-order valence-corrected chi connectivity index (χ2v) is 3.88. The van der Waals surface area contributed by atoms with E-state index < -0.39 is 4.92 Å². The molecule has 0 spiro atoms. The molecule has 1 heterocycles. The van der Waals surface area contributed by atoms with Gasteiger partial charge >= 0.3 is 0 Å². The van der Waals surface area contributed by atoms with Gasteiger partial charge in [-0.15, -0.1) is 0 Å². The first-order valence-electron chi connectivity index (χ1n) is 5.55. The van der Waals surface area contributed by atoms with E-state index in [2.05, 4.69) is 10.3 Å². The third kappa shape index (κ3) is 2.70. The molecule has 1 aromatic carbocycles. The molecule has 0 aliphatic carbocycles. The van der Waals surface area contributed by atoms with Crippen LogP contribution in [0.5, 0.6) is 0 Å². The van der Waals surface area contributed by atoms with Gasteiger partial charge in [0.05, 0.1) is 10.6 Å². The van der Waals surface area contributed by atoms with Crippen LogP contribution in [0.2, 0.25) is 0 Å². The first-order chi connectivity index (χ1) is 8.70. The highest BCUT2D eigenvalue weighted by atomic mass is 16.6. The summed E-state index contributed by atoms with van der Waals surface area (Å²) in [5.74, 6) is 0. The van der Waals surface area contributed by atoms with Crippen molar-refractivity contribution in [3.63, 3.8) is 0 Å². The molecule has 5 nitrogen and oxygen atoms in total. The molecule has 2 aromatic rings. The van der Waals surface area contributed by atoms with Gasteiger partial charge in [-0.2, -0.15) is 0 Å². The molecule has 1 aromatic heterocycles. The Bertz CT molecular complexity index is 552. The number of nitrogens with zero attached hydrogens (tertiary/aromatic N) is 2. The number of nitrogens with one attached hydrogen (secondary N) is 1. The summed E-state index contributed by atoms with van der Waals surface area (Å²) in [7, 11) is 1.88. The molecule has 0 aliphatic heterocycles. The van der Waals surface area contributed by atoms with Crippen molar-refractivity contribution in [2.75, 3.05) is 7.05 Å². The van der Waals surface area contributed by atoms with E-state index in [1.165, 1.54) is 12.1 Å². The highest BCUT2D eigenvalue weighted by molar-refractivity contribution is 5.61. The van der Waals surface area contributed by atoms with Gasteiger partial charge in [-0.25, -0.2) is 0 Å². The van der Waals surface area contributed by atoms with Crippen molar-refractivity contribution in [2.24, 2.45) is 0 Å². The molecule has 1 N–H and O–H groups in total. The zero-order valence-electron chi connectivity index (χ0n) is 9.96. The average Bonchev–Trinajstić information content (AvgIpc) is 2.39. The Kier molecular flexibility index (Phi) is 3.64. The van der Waals surface area contributed by atoms with Crippen LogP contribution in [0.1, 0.15) is 5.56 Å². The maximum absolute atomic E-state index is 10.6. The van der Waals surface area contributed by atoms with Gasteiger partial charge in [0.1, 0.15) is 0 Å². The molecule has 2 rings (SSSR count). The monoisotopic (exact) mass is 243 g/mol. The Morgan fingerprint density at radius 3 is 2.61 bits per heavy atom. The summed E-state index contributed by atoms with van der Waals surface area (Å²) >= 11 is 0. The van der Waals surface area contributed by atoms with Crippen LogP contribution in [0.3, 0.4) is 0 Å². The normalized spacial score (nSPS) is 10.3. The van der Waals surface area contributed by atoms with E-state index in [4.69, 9.17) is 0 Å². The smallest absolute Gasteiger partial charge is 0.269 e. The zero-order chi connectivity index (χ0) is 13.0. The Balaban J connectivity index is 2.30. The Labute approximate surface area is 105 Å². The number of nitro benzene ring substituents is 1. The third-order valence-corrected chi connectivity index (χ3v) is 2.58. The number of rotatable bonds is 4. The maximum Gasteiger partial charge on any atom is 0.269 e. The van der Waals surface area contributed by atoms with Crippen LogP contribution in [-0.4, -0.2) is 17.0 Å². The van der Waals surface area contributed by atoms with Gasteiger partial charge in [0, 0.05) is 30.4 Å². The molecule has 0 aliphatic rings. The molecule has 0 atom stereocenters. The second-order valence-electron chi connectivity index (χ2n) is 3.88. The lowest BCUT2D eigenvalue weighted by molar-refractivity contribution is -0.384. The van der Waals surface area contributed by atoms with Crippen LogP contribution in [-0.2, 0) is 6.54 Å². The largest absolute Gasteiger partial charge is 0.316 e. The number of aromatic nitrogens is 1. The minimum Gasteiger partial charge on any atom is -0.316 e. The molecular formula is C13H13N3O2. The quantitative estimate of drug-likeness (QED) is 0.661. The molecule has 0 bridgehead atoms. The van der Waals surface area contributed by atoms with Gasteiger partial charge in [-0.1, -0.05) is 0 Å². The molecule has 18 heavy (non-hydrogen) atoms. The topological polar surface area (TPSA) is 68.1 Å². The molecule has 0 fully saturated rings. The molecule has 0 saturated heterocycles. The van der Waals surface area contributed by atoms with Crippen molar-refractivity contribution >= 4 is 5.69 Å². The number of nitro groups is 1. The van der Waals surface area contributed by atoms with Crippen molar-refractivity contribution in [1.29, 1.82) is 0 Å². The highest BCUT2D eigenvalue weighted by Crippen LogP contribution is 2.21. The van der Waals surface area contributed by atoms with Crippen LogP contribution in [0.25, 0.3) is 11.3 Å². The van der Waals surface area contributed by atoms with Crippen LogP contribution in [0.15, 0.2) is 42.6 Å². The van der Waals surface area contributed by atoms with E-state index in [1.807, 2.05) is 19.2 Å². The molecule has 5 heteroatoms. The maximum atomic E-state index is 10.6. The molecule has 92 valence electrons. The van der Waals surface area contributed by atoms with Gasteiger partial charge in [0.25, 0.3) is 5.69 Å². The minimum atomic E-state index is -0.408. The van der Waals surface area contributed by atoms with Crippen molar-refractivity contribution in [1.82, 2.24) is 10.3 Å². The first-order valence-corrected chi connectivity index (χ1v) is 5.55. The fourth-order valence-electron chi connectivity index (χ4n) is 1.70. The van der Waals surface area contributed by atoms with E-state index in [0.717, 1.165) is 23.4 Å². The minimum absolute atomic E-state index is 0.0881. The molecule has 0 saturated carbocycles. The Hall–Kier alpha value is -2.27. The number of hydrogen-bond acceptors (Lipinski definition) is 4. The van der Waals surface area contributed by atoms with Crippen molar-refractivity contribution < 1.29 is 4.92 Å². The predicted octanol–water partition coefficient (Wildman–Crippen LogP) is 2.38. The lowest BCUT2D eigenvalue weighted by atomic mass is 10.1. The van der Waals surface area contributed by atoms with Gasteiger partial charge in [0.2, 0.25) is 0 Å². The molecule has 0 unspecified atom stereocenters. The highest BCUT2D eigenvalue weighted by Gasteiger charge is 2.06. The molecule has 0 amide bonds. The fraction of sp³-hybridized carbons (Fsp3) is 0.154. The summed E-state index contributed by atoms with van der Waals surface area (Å²) in [6, 6.07) is 10.3. The zero-order valence-corrected chi connectivity index (χ0v) is 9.96. The second kappa shape index (κ2) is 5.37. The molecular weight excluding hydrogens is 230 g/mol. The average molecular weight is 243 g/mol. The Morgan fingerprint density at radius 2 is 2.00 bits per heavy atom. The van der Waals surface area contributed by atoms with E-state index >= 15 is 0 Å². The van der Waals surface area contributed by atoms with Gasteiger partial charge in [-0.3, -0.25) is 15.1 Å². The number of benzene rings is 1. The summed E-state index contributed by atoms with van der Waals surface area (Å²) in [5.41, 5.74) is 2.90. The van der Waals surface area contributed by atoms with Crippen molar-refractivity contribution in [2.45, 2.75) is 6.54 Å². The number of hydrogen-bond donors (Lipinski definition) is 1. The van der Waals surface area contributed by atoms with Gasteiger partial charge in [-0.05, 0) is 36.9 Å². The van der Waals surface area contributed by atoms with Crippen LogP contribution in [0.4, 0.5) is 5.69 Å². The summed E-state index contributed by atoms with van der Waals surface area (Å²) in [6.07, 6.45) is 1.74. The summed E-state index contributed by atoms with van der Waals surface area (Å²) < 4.78 is 0. The van der Waals surface area contributed by atoms with E-state index in [-0.39, 0.29) is 5.69 Å².